The molecule has 1 atom stereocenters. The van der Waals surface area contributed by atoms with Crippen molar-refractivity contribution in [2.24, 2.45) is 0 Å². The van der Waals surface area contributed by atoms with Crippen LogP contribution in [0.3, 0.4) is 0 Å². The van der Waals surface area contributed by atoms with Crippen molar-refractivity contribution in [3.63, 3.8) is 0 Å². The molecule has 31 heavy (non-hydrogen) atoms. The zero-order valence-corrected chi connectivity index (χ0v) is 18.4. The summed E-state index contributed by atoms with van der Waals surface area (Å²) in [7, 11) is 0. The first kappa shape index (κ1) is 21.7. The van der Waals surface area contributed by atoms with Gasteiger partial charge in [0.2, 0.25) is 11.8 Å². The Morgan fingerprint density at radius 2 is 1.68 bits per heavy atom. The first-order valence-corrected chi connectivity index (χ1v) is 11.1. The molecule has 6 nitrogen and oxygen atoms in total. The summed E-state index contributed by atoms with van der Waals surface area (Å²) in [6.07, 6.45) is 5.12. The molecule has 2 aromatic rings. The van der Waals surface area contributed by atoms with Crippen molar-refractivity contribution in [2.45, 2.75) is 44.2 Å². The minimum Gasteiger partial charge on any atom is -0.351 e. The van der Waals surface area contributed by atoms with E-state index in [4.69, 9.17) is 23.2 Å². The second-order valence-corrected chi connectivity index (χ2v) is 8.84. The Morgan fingerprint density at radius 1 is 1.00 bits per heavy atom. The van der Waals surface area contributed by atoms with Crippen LogP contribution in [-0.2, 0) is 9.59 Å². The maximum atomic E-state index is 13.5. The maximum Gasteiger partial charge on any atom is 0.257 e. The Kier molecular flexibility index (Phi) is 6.49. The molecule has 1 aliphatic carbocycles. The Bertz CT molecular complexity index is 1000. The summed E-state index contributed by atoms with van der Waals surface area (Å²) in [6, 6.07) is 10.6. The van der Waals surface area contributed by atoms with E-state index >= 15 is 0 Å². The normalized spacial score (nSPS) is 18.1. The molecule has 4 rings (SSSR count). The summed E-state index contributed by atoms with van der Waals surface area (Å²) >= 11 is 12.1. The monoisotopic (exact) mass is 459 g/mol. The van der Waals surface area contributed by atoms with Crippen LogP contribution in [0, 0.1) is 0 Å². The van der Waals surface area contributed by atoms with Crippen LogP contribution >= 0.6 is 23.2 Å². The molecule has 1 heterocycles. The molecule has 8 heteroatoms. The molecule has 1 unspecified atom stereocenters. The number of amides is 3. The summed E-state index contributed by atoms with van der Waals surface area (Å²) in [5.74, 6) is -1.10. The smallest absolute Gasteiger partial charge is 0.257 e. The molecule has 1 aliphatic heterocycles. The van der Waals surface area contributed by atoms with Crippen LogP contribution < -0.4 is 10.6 Å². The van der Waals surface area contributed by atoms with Crippen molar-refractivity contribution in [2.75, 3.05) is 11.9 Å². The molecule has 2 aliphatic rings. The summed E-state index contributed by atoms with van der Waals surface area (Å²) in [4.78, 5) is 40.8. The van der Waals surface area contributed by atoms with Gasteiger partial charge in [0, 0.05) is 16.1 Å². The van der Waals surface area contributed by atoms with Crippen molar-refractivity contribution in [1.29, 1.82) is 0 Å². The summed E-state index contributed by atoms with van der Waals surface area (Å²) in [5.41, 5.74) is 1.23. The van der Waals surface area contributed by atoms with Crippen LogP contribution in [0.5, 0.6) is 0 Å². The fourth-order valence-corrected chi connectivity index (χ4v) is 4.53. The number of nitrogens with one attached hydrogen (secondary N) is 2. The lowest BCUT2D eigenvalue weighted by molar-refractivity contribution is -0.127. The molecule has 1 fully saturated rings. The number of carbonyl (C=O) groups is 3. The number of carbonyl (C=O) groups excluding carboxylic acids is 3. The van der Waals surface area contributed by atoms with E-state index in [0.717, 1.165) is 32.1 Å². The van der Waals surface area contributed by atoms with E-state index in [9.17, 15) is 14.4 Å². The lowest BCUT2D eigenvalue weighted by Gasteiger charge is -2.32. The van der Waals surface area contributed by atoms with Crippen LogP contribution in [0.2, 0.25) is 10.0 Å². The van der Waals surface area contributed by atoms with Crippen LogP contribution in [0.4, 0.5) is 5.69 Å². The average Bonchev–Trinajstić information content (AvgIpc) is 2.86. The SMILES string of the molecule is O=C1CN(C(C(=O)NC2CCCCC2)c2ccc(Cl)cc2)C(=O)c2ccc(Cl)cc2N1. The van der Waals surface area contributed by atoms with Crippen LogP contribution in [0.15, 0.2) is 42.5 Å². The van der Waals surface area contributed by atoms with E-state index in [-0.39, 0.29) is 18.5 Å². The van der Waals surface area contributed by atoms with E-state index in [1.54, 1.807) is 36.4 Å². The third-order valence-corrected chi connectivity index (χ3v) is 6.25. The van der Waals surface area contributed by atoms with Gasteiger partial charge in [-0.05, 0) is 48.7 Å². The van der Waals surface area contributed by atoms with E-state index in [0.29, 0.717) is 26.9 Å². The number of nitrogens with zero attached hydrogens (tertiary/aromatic N) is 1. The van der Waals surface area contributed by atoms with Crippen molar-refractivity contribution < 1.29 is 14.4 Å². The van der Waals surface area contributed by atoms with Crippen LogP contribution in [0.1, 0.15) is 54.1 Å². The van der Waals surface area contributed by atoms with E-state index in [1.807, 2.05) is 0 Å². The van der Waals surface area contributed by atoms with E-state index in [1.165, 1.54) is 11.0 Å². The number of fused-ring (bicyclic) bond motifs is 1. The topological polar surface area (TPSA) is 78.5 Å². The molecular weight excluding hydrogens is 437 g/mol. The second kappa shape index (κ2) is 9.28. The minimum absolute atomic E-state index is 0.0676. The van der Waals surface area contributed by atoms with Gasteiger partial charge in [-0.15, -0.1) is 0 Å². The highest BCUT2D eigenvalue weighted by molar-refractivity contribution is 6.31. The third kappa shape index (κ3) is 4.86. The molecule has 0 bridgehead atoms. The van der Waals surface area contributed by atoms with Gasteiger partial charge >= 0.3 is 0 Å². The zero-order valence-electron chi connectivity index (χ0n) is 16.9. The second-order valence-electron chi connectivity index (χ2n) is 7.97. The summed E-state index contributed by atoms with van der Waals surface area (Å²) < 4.78 is 0. The standard InChI is InChI=1S/C23H23Cl2N3O3/c24-15-8-6-14(7-9-15)21(22(30)26-17-4-2-1-3-5-17)28-13-20(29)27-19-12-16(25)10-11-18(19)23(28)31/h6-12,17,21H,1-5,13H2,(H,26,30)(H,27,29). The van der Waals surface area contributed by atoms with Crippen LogP contribution in [0.25, 0.3) is 0 Å². The molecule has 162 valence electrons. The molecule has 0 spiro atoms. The fourth-order valence-electron chi connectivity index (χ4n) is 4.23. The van der Waals surface area contributed by atoms with Crippen molar-refractivity contribution in [3.8, 4) is 0 Å². The molecule has 1 saturated carbocycles. The van der Waals surface area contributed by atoms with E-state index < -0.39 is 17.9 Å². The molecular formula is C23H23Cl2N3O3. The lowest BCUT2D eigenvalue weighted by atomic mass is 9.94. The number of halogens is 2. The Morgan fingerprint density at radius 3 is 2.39 bits per heavy atom. The van der Waals surface area contributed by atoms with Crippen molar-refractivity contribution in [3.05, 3.63) is 63.6 Å². The van der Waals surface area contributed by atoms with Crippen molar-refractivity contribution >= 4 is 46.6 Å². The quantitative estimate of drug-likeness (QED) is 0.702. The largest absolute Gasteiger partial charge is 0.351 e. The molecule has 0 radical (unpaired) electrons. The van der Waals surface area contributed by atoms with Gasteiger partial charge in [-0.3, -0.25) is 14.4 Å². The van der Waals surface area contributed by atoms with Gasteiger partial charge in [0.25, 0.3) is 5.91 Å². The average molecular weight is 460 g/mol. The number of hydrogen-bond acceptors (Lipinski definition) is 3. The molecule has 2 N–H and O–H groups in total. The molecule has 0 saturated heterocycles. The Balaban J connectivity index is 1.71. The van der Waals surface area contributed by atoms with Gasteiger partial charge in [-0.2, -0.15) is 0 Å². The first-order valence-electron chi connectivity index (χ1n) is 10.4. The summed E-state index contributed by atoms with van der Waals surface area (Å²) in [5, 5.41) is 6.75. The number of hydrogen-bond donors (Lipinski definition) is 2. The maximum absolute atomic E-state index is 13.5. The number of rotatable bonds is 4. The van der Waals surface area contributed by atoms with Gasteiger partial charge in [0.1, 0.15) is 12.6 Å². The highest BCUT2D eigenvalue weighted by Gasteiger charge is 2.37. The zero-order chi connectivity index (χ0) is 22.0. The van der Waals surface area contributed by atoms with E-state index in [2.05, 4.69) is 10.6 Å². The van der Waals surface area contributed by atoms with Gasteiger partial charge in [0.15, 0.2) is 0 Å². The predicted octanol–water partition coefficient (Wildman–Crippen LogP) is 4.58. The third-order valence-electron chi connectivity index (χ3n) is 5.76. The predicted molar refractivity (Wildman–Crippen MR) is 120 cm³/mol. The Labute approximate surface area is 190 Å². The fraction of sp³-hybridized carbons (Fsp3) is 0.348. The first-order chi connectivity index (χ1) is 14.9. The molecule has 2 aromatic carbocycles. The lowest BCUT2D eigenvalue weighted by Crippen LogP contribution is -2.48. The summed E-state index contributed by atoms with van der Waals surface area (Å²) in [6.45, 7) is -0.253. The van der Waals surface area contributed by atoms with Gasteiger partial charge in [-0.25, -0.2) is 0 Å². The molecule has 3 amide bonds. The number of benzene rings is 2. The van der Waals surface area contributed by atoms with Gasteiger partial charge in [-0.1, -0.05) is 54.6 Å². The van der Waals surface area contributed by atoms with Gasteiger partial charge < -0.3 is 15.5 Å². The number of anilines is 1. The van der Waals surface area contributed by atoms with Crippen molar-refractivity contribution in [1.82, 2.24) is 10.2 Å². The highest BCUT2D eigenvalue weighted by Crippen LogP contribution is 2.31. The Hall–Kier alpha value is -2.57. The van der Waals surface area contributed by atoms with Gasteiger partial charge in [0.05, 0.1) is 11.3 Å². The highest BCUT2D eigenvalue weighted by atomic mass is 35.5. The minimum atomic E-state index is -0.959. The molecule has 0 aromatic heterocycles. The van der Waals surface area contributed by atoms with Crippen LogP contribution in [-0.4, -0.2) is 35.2 Å².